The minimum Gasteiger partial charge on any atom is -0.472 e. The highest BCUT2D eigenvalue weighted by Gasteiger charge is 2.26. The van der Waals surface area contributed by atoms with E-state index in [1.165, 1.54) is 0 Å². The summed E-state index contributed by atoms with van der Waals surface area (Å²) in [6.07, 6.45) is 2.77. The van der Waals surface area contributed by atoms with Gasteiger partial charge in [0.2, 0.25) is 0 Å². The molecule has 0 spiro atoms. The van der Waals surface area contributed by atoms with Gasteiger partial charge in [0.1, 0.15) is 11.3 Å². The van der Waals surface area contributed by atoms with E-state index in [0.29, 0.717) is 12.3 Å². The van der Waals surface area contributed by atoms with Gasteiger partial charge in [-0.1, -0.05) is 17.7 Å². The van der Waals surface area contributed by atoms with E-state index in [0.717, 1.165) is 75.5 Å². The zero-order chi connectivity index (χ0) is 18.7. The molecule has 0 saturated carbocycles. The number of benzene rings is 2. The minimum atomic E-state index is -0.190. The summed E-state index contributed by atoms with van der Waals surface area (Å²) in [6.45, 7) is 5.23. The minimum absolute atomic E-state index is 0.190. The first-order valence-corrected chi connectivity index (χ1v) is 9.65. The van der Waals surface area contributed by atoms with Crippen LogP contribution in [0.1, 0.15) is 34.2 Å². The first-order valence-electron chi connectivity index (χ1n) is 9.28. The van der Waals surface area contributed by atoms with Crippen molar-refractivity contribution in [1.82, 2.24) is 0 Å². The number of hydrogen-bond donors (Lipinski definition) is 0. The van der Waals surface area contributed by atoms with Crippen molar-refractivity contribution in [3.8, 4) is 5.75 Å². The molecule has 0 bridgehead atoms. The van der Waals surface area contributed by atoms with Gasteiger partial charge in [0.15, 0.2) is 6.73 Å². The Morgan fingerprint density at radius 2 is 1.93 bits per heavy atom. The maximum atomic E-state index is 12.3. The van der Waals surface area contributed by atoms with E-state index in [1.54, 1.807) is 0 Å². The molecule has 0 atom stereocenters. The van der Waals surface area contributed by atoms with Crippen molar-refractivity contribution < 1.29 is 9.15 Å². The average molecular weight is 382 g/mol. The zero-order valence-corrected chi connectivity index (χ0v) is 16.2. The lowest BCUT2D eigenvalue weighted by Crippen LogP contribution is -2.32. The Labute approximate surface area is 162 Å². The number of aryl methyl sites for hydroxylation is 3. The van der Waals surface area contributed by atoms with E-state index in [1.807, 2.05) is 25.1 Å². The fourth-order valence-electron chi connectivity index (χ4n) is 4.42. The fourth-order valence-corrected chi connectivity index (χ4v) is 4.58. The normalized spacial score (nSPS) is 15.6. The third-order valence-electron chi connectivity index (χ3n) is 5.76. The van der Waals surface area contributed by atoms with E-state index in [4.69, 9.17) is 20.8 Å². The monoisotopic (exact) mass is 381 g/mol. The number of rotatable bonds is 1. The van der Waals surface area contributed by atoms with Gasteiger partial charge in [0.05, 0.1) is 0 Å². The lowest BCUT2D eigenvalue weighted by molar-refractivity contribution is 0.287. The zero-order valence-electron chi connectivity index (χ0n) is 15.4. The Hall–Kier alpha value is -2.46. The van der Waals surface area contributed by atoms with Crippen molar-refractivity contribution >= 4 is 28.3 Å². The third kappa shape index (κ3) is 2.54. The molecule has 1 aromatic heterocycles. The molecule has 0 N–H and O–H groups in total. The molecule has 27 heavy (non-hydrogen) atoms. The standard InChI is InChI=1S/C22H20ClNO3/c1-12-6-7-15(23)9-19(12)24-10-14-8-18-16-4-3-5-17(16)22(25)27-21(18)13(2)20(14)26-11-24/h6-9H,3-5,10-11H2,1-2H3. The highest BCUT2D eigenvalue weighted by molar-refractivity contribution is 6.30. The van der Waals surface area contributed by atoms with Gasteiger partial charge in [0, 0.05) is 39.3 Å². The predicted molar refractivity (Wildman–Crippen MR) is 107 cm³/mol. The van der Waals surface area contributed by atoms with Gasteiger partial charge in [0.25, 0.3) is 0 Å². The topological polar surface area (TPSA) is 42.7 Å². The van der Waals surface area contributed by atoms with Gasteiger partial charge in [-0.15, -0.1) is 0 Å². The van der Waals surface area contributed by atoms with Crippen LogP contribution in [0.4, 0.5) is 5.69 Å². The third-order valence-corrected chi connectivity index (χ3v) is 5.99. The van der Waals surface area contributed by atoms with Crippen LogP contribution in [0.25, 0.3) is 11.0 Å². The predicted octanol–water partition coefficient (Wildman–Crippen LogP) is 4.91. The summed E-state index contributed by atoms with van der Waals surface area (Å²) < 4.78 is 11.8. The van der Waals surface area contributed by atoms with Crippen LogP contribution >= 0.6 is 11.6 Å². The first-order chi connectivity index (χ1) is 13.0. The SMILES string of the molecule is Cc1ccc(Cl)cc1N1COc2c(cc3c4c(c(=O)oc3c2C)CCC4)C1. The van der Waals surface area contributed by atoms with Crippen LogP contribution in [-0.2, 0) is 19.4 Å². The van der Waals surface area contributed by atoms with Gasteiger partial charge in [-0.3, -0.25) is 0 Å². The average Bonchev–Trinajstić information content (AvgIpc) is 3.15. The molecule has 2 aromatic carbocycles. The van der Waals surface area contributed by atoms with E-state index < -0.39 is 0 Å². The molecule has 2 heterocycles. The summed E-state index contributed by atoms with van der Waals surface area (Å²) in [5.41, 5.74) is 6.76. The smallest absolute Gasteiger partial charge is 0.339 e. The Morgan fingerprint density at radius 3 is 2.78 bits per heavy atom. The molecule has 0 fully saturated rings. The lowest BCUT2D eigenvalue weighted by atomic mass is 9.99. The fraction of sp³-hybridized carbons (Fsp3) is 0.318. The van der Waals surface area contributed by atoms with Gasteiger partial charge >= 0.3 is 5.63 Å². The number of halogens is 1. The Kier molecular flexibility index (Phi) is 3.73. The molecule has 0 radical (unpaired) electrons. The van der Waals surface area contributed by atoms with Gasteiger partial charge in [-0.25, -0.2) is 4.79 Å². The molecule has 5 heteroatoms. The molecular weight excluding hydrogens is 362 g/mol. The van der Waals surface area contributed by atoms with Crippen molar-refractivity contribution in [1.29, 1.82) is 0 Å². The van der Waals surface area contributed by atoms with Crippen LogP contribution < -0.4 is 15.3 Å². The van der Waals surface area contributed by atoms with Crippen LogP contribution in [0.2, 0.25) is 5.02 Å². The Bertz CT molecular complexity index is 1150. The quantitative estimate of drug-likeness (QED) is 0.562. The van der Waals surface area contributed by atoms with Crippen molar-refractivity contribution in [2.75, 3.05) is 11.6 Å². The van der Waals surface area contributed by atoms with E-state index in [9.17, 15) is 4.79 Å². The molecule has 1 aliphatic carbocycles. The number of fused-ring (bicyclic) bond motifs is 4. The first kappa shape index (κ1) is 16.7. The summed E-state index contributed by atoms with van der Waals surface area (Å²) in [4.78, 5) is 14.5. The number of nitrogens with zero attached hydrogens (tertiary/aromatic N) is 1. The molecule has 0 unspecified atom stereocenters. The molecule has 2 aliphatic rings. The summed E-state index contributed by atoms with van der Waals surface area (Å²) in [6, 6.07) is 8.06. The highest BCUT2D eigenvalue weighted by atomic mass is 35.5. The molecule has 5 rings (SSSR count). The second-order valence-corrected chi connectivity index (χ2v) is 7.91. The number of anilines is 1. The molecule has 3 aromatic rings. The van der Waals surface area contributed by atoms with Crippen molar-refractivity contribution in [3.63, 3.8) is 0 Å². The maximum Gasteiger partial charge on any atom is 0.339 e. The van der Waals surface area contributed by atoms with E-state index in [-0.39, 0.29) is 5.63 Å². The van der Waals surface area contributed by atoms with Crippen LogP contribution in [0, 0.1) is 13.8 Å². The van der Waals surface area contributed by atoms with Crippen LogP contribution in [0.5, 0.6) is 5.75 Å². The van der Waals surface area contributed by atoms with Crippen molar-refractivity contribution in [2.24, 2.45) is 0 Å². The molecule has 4 nitrogen and oxygen atoms in total. The summed E-state index contributed by atoms with van der Waals surface area (Å²) >= 11 is 6.21. The second-order valence-electron chi connectivity index (χ2n) is 7.47. The molecule has 1 aliphatic heterocycles. The molecule has 0 amide bonds. The van der Waals surface area contributed by atoms with E-state index in [2.05, 4.69) is 17.9 Å². The maximum absolute atomic E-state index is 12.3. The van der Waals surface area contributed by atoms with Crippen molar-refractivity contribution in [3.05, 3.63) is 67.5 Å². The summed E-state index contributed by atoms with van der Waals surface area (Å²) in [5, 5.41) is 1.78. The summed E-state index contributed by atoms with van der Waals surface area (Å²) in [5.74, 6) is 0.833. The van der Waals surface area contributed by atoms with Gasteiger partial charge in [-0.05, 0) is 62.4 Å². The van der Waals surface area contributed by atoms with Gasteiger partial charge < -0.3 is 14.1 Å². The number of hydrogen-bond acceptors (Lipinski definition) is 4. The van der Waals surface area contributed by atoms with Crippen LogP contribution in [-0.4, -0.2) is 6.73 Å². The highest BCUT2D eigenvalue weighted by Crippen LogP contribution is 2.39. The molecule has 138 valence electrons. The van der Waals surface area contributed by atoms with Gasteiger partial charge in [-0.2, -0.15) is 0 Å². The van der Waals surface area contributed by atoms with Crippen LogP contribution in [0.15, 0.2) is 33.5 Å². The second kappa shape index (κ2) is 6.03. The van der Waals surface area contributed by atoms with Crippen LogP contribution in [0.3, 0.4) is 0 Å². The largest absolute Gasteiger partial charge is 0.472 e. The Balaban J connectivity index is 1.66. The lowest BCUT2D eigenvalue weighted by Gasteiger charge is -2.33. The molecule has 0 saturated heterocycles. The Morgan fingerprint density at radius 1 is 1.11 bits per heavy atom. The summed E-state index contributed by atoms with van der Waals surface area (Å²) in [7, 11) is 0. The van der Waals surface area contributed by atoms with E-state index >= 15 is 0 Å². The van der Waals surface area contributed by atoms with Crippen molar-refractivity contribution in [2.45, 2.75) is 39.7 Å². The molecular formula is C22H20ClNO3. The number of ether oxygens (including phenoxy) is 1.